The number of amides is 2. The van der Waals surface area contributed by atoms with Gasteiger partial charge in [-0.3, -0.25) is 9.59 Å². The summed E-state index contributed by atoms with van der Waals surface area (Å²) in [4.78, 5) is 25.4. The van der Waals surface area contributed by atoms with Crippen molar-refractivity contribution in [3.05, 3.63) is 54.1 Å². The number of para-hydroxylation sites is 1. The Kier molecular flexibility index (Phi) is 7.94. The number of alkyl halides is 2. The molecule has 0 saturated heterocycles. The third kappa shape index (κ3) is 6.44. The maximum atomic E-state index is 12.7. The highest BCUT2D eigenvalue weighted by molar-refractivity contribution is 6.02. The maximum absolute atomic E-state index is 12.7. The Bertz CT molecular complexity index is 826. The number of nitrogens with one attached hydrogen (secondary N) is 2. The zero-order valence-corrected chi connectivity index (χ0v) is 16.4. The van der Waals surface area contributed by atoms with E-state index in [-0.39, 0.29) is 11.7 Å². The Labute approximate surface area is 168 Å². The van der Waals surface area contributed by atoms with Crippen LogP contribution in [0.3, 0.4) is 0 Å². The van der Waals surface area contributed by atoms with E-state index in [1.807, 2.05) is 6.92 Å². The molecule has 0 aliphatic rings. The fourth-order valence-corrected chi connectivity index (χ4v) is 2.63. The van der Waals surface area contributed by atoms with Crippen LogP contribution in [0.25, 0.3) is 0 Å². The summed E-state index contributed by atoms with van der Waals surface area (Å²) >= 11 is 0. The molecule has 0 heterocycles. The maximum Gasteiger partial charge on any atom is 0.387 e. The van der Waals surface area contributed by atoms with Crippen molar-refractivity contribution in [2.24, 2.45) is 5.92 Å². The van der Waals surface area contributed by atoms with Gasteiger partial charge in [0.25, 0.3) is 5.91 Å². The van der Waals surface area contributed by atoms with Gasteiger partial charge in [0.15, 0.2) is 0 Å². The van der Waals surface area contributed by atoms with Gasteiger partial charge < -0.3 is 20.1 Å². The van der Waals surface area contributed by atoms with Crippen molar-refractivity contribution in [2.75, 3.05) is 11.9 Å². The number of carbonyl (C=O) groups is 2. The zero-order chi connectivity index (χ0) is 21.4. The van der Waals surface area contributed by atoms with E-state index < -0.39 is 24.5 Å². The van der Waals surface area contributed by atoms with Crippen molar-refractivity contribution < 1.29 is 27.8 Å². The van der Waals surface area contributed by atoms with Gasteiger partial charge in [-0.1, -0.05) is 26.0 Å². The second kappa shape index (κ2) is 10.4. The molecule has 0 fully saturated rings. The molecule has 0 radical (unpaired) electrons. The Morgan fingerprint density at radius 1 is 1.03 bits per heavy atom. The van der Waals surface area contributed by atoms with E-state index >= 15 is 0 Å². The highest BCUT2D eigenvalue weighted by Crippen LogP contribution is 2.20. The summed E-state index contributed by atoms with van der Waals surface area (Å²) in [6, 6.07) is 11.5. The molecule has 29 heavy (non-hydrogen) atoms. The Morgan fingerprint density at radius 2 is 1.69 bits per heavy atom. The lowest BCUT2D eigenvalue weighted by Gasteiger charge is -2.22. The number of anilines is 1. The molecule has 0 unspecified atom stereocenters. The molecule has 156 valence electrons. The van der Waals surface area contributed by atoms with Crippen molar-refractivity contribution >= 4 is 17.5 Å². The summed E-state index contributed by atoms with van der Waals surface area (Å²) in [6.07, 6.45) is 0. The molecule has 2 amide bonds. The summed E-state index contributed by atoms with van der Waals surface area (Å²) in [6.45, 7) is 2.91. The second-order valence-electron chi connectivity index (χ2n) is 6.52. The monoisotopic (exact) mass is 406 g/mol. The van der Waals surface area contributed by atoms with Crippen LogP contribution in [-0.4, -0.2) is 31.1 Å². The summed E-state index contributed by atoms with van der Waals surface area (Å²) in [5.41, 5.74) is 0.729. The number of rotatable bonds is 9. The van der Waals surface area contributed by atoms with Gasteiger partial charge in [0.2, 0.25) is 5.91 Å². The molecular formula is C21H24F2N2O4. The largest absolute Gasteiger partial charge is 0.493 e. The molecule has 0 aromatic heterocycles. The normalized spacial score (nSPS) is 11.8. The van der Waals surface area contributed by atoms with Gasteiger partial charge in [0.05, 0.1) is 12.2 Å². The smallest absolute Gasteiger partial charge is 0.387 e. The average Bonchev–Trinajstić information content (AvgIpc) is 2.67. The van der Waals surface area contributed by atoms with E-state index in [4.69, 9.17) is 4.74 Å². The van der Waals surface area contributed by atoms with E-state index in [9.17, 15) is 18.4 Å². The molecule has 0 bridgehead atoms. The van der Waals surface area contributed by atoms with Crippen LogP contribution >= 0.6 is 0 Å². The minimum atomic E-state index is -2.92. The number of benzene rings is 2. The number of ether oxygens (including phenoxy) is 2. The fraction of sp³-hybridized carbons (Fsp3) is 0.333. The molecule has 6 nitrogen and oxygen atoms in total. The van der Waals surface area contributed by atoms with Gasteiger partial charge in [-0.15, -0.1) is 0 Å². The first-order chi connectivity index (χ1) is 13.8. The van der Waals surface area contributed by atoms with Crippen LogP contribution in [0.4, 0.5) is 14.5 Å². The molecule has 0 saturated carbocycles. The molecule has 1 atom stereocenters. The number of hydrogen-bond donors (Lipinski definition) is 2. The van der Waals surface area contributed by atoms with Crippen LogP contribution in [0, 0.1) is 5.92 Å². The van der Waals surface area contributed by atoms with Crippen molar-refractivity contribution in [2.45, 2.75) is 33.4 Å². The molecular weight excluding hydrogens is 382 g/mol. The topological polar surface area (TPSA) is 76.7 Å². The summed E-state index contributed by atoms with van der Waals surface area (Å²) < 4.78 is 34.2. The summed E-state index contributed by atoms with van der Waals surface area (Å²) in [5, 5.41) is 5.41. The summed E-state index contributed by atoms with van der Waals surface area (Å²) in [5.74, 6) is -0.628. The molecule has 0 aliphatic heterocycles. The van der Waals surface area contributed by atoms with Crippen LogP contribution in [-0.2, 0) is 4.79 Å². The standard InChI is InChI=1S/C21H24F2N2O4/c1-4-28-17-8-6-5-7-16(17)19(26)25-18(13(2)3)20(27)24-14-9-11-15(12-10-14)29-21(22)23/h5-13,18,21H,4H2,1-3H3,(H,24,27)(H,25,26)/t18-/m0/s1. The average molecular weight is 406 g/mol. The van der Waals surface area contributed by atoms with E-state index in [1.165, 1.54) is 24.3 Å². The predicted molar refractivity (Wildman–Crippen MR) is 105 cm³/mol. The van der Waals surface area contributed by atoms with Crippen molar-refractivity contribution in [3.63, 3.8) is 0 Å². The minimum Gasteiger partial charge on any atom is -0.493 e. The van der Waals surface area contributed by atoms with E-state index in [0.717, 1.165) is 0 Å². The molecule has 8 heteroatoms. The molecule has 2 aromatic rings. The zero-order valence-electron chi connectivity index (χ0n) is 16.4. The van der Waals surface area contributed by atoms with E-state index in [2.05, 4.69) is 15.4 Å². The first-order valence-electron chi connectivity index (χ1n) is 9.20. The van der Waals surface area contributed by atoms with Crippen LogP contribution in [0.15, 0.2) is 48.5 Å². The van der Waals surface area contributed by atoms with Gasteiger partial charge in [0.1, 0.15) is 17.5 Å². The predicted octanol–water partition coefficient (Wildman–Crippen LogP) is 4.08. The van der Waals surface area contributed by atoms with E-state index in [0.29, 0.717) is 23.6 Å². The van der Waals surface area contributed by atoms with Gasteiger partial charge in [-0.2, -0.15) is 8.78 Å². The van der Waals surface area contributed by atoms with Gasteiger partial charge in [-0.05, 0) is 49.2 Å². The first kappa shape index (κ1) is 22.1. The number of halogens is 2. The van der Waals surface area contributed by atoms with Crippen LogP contribution in [0.2, 0.25) is 0 Å². The fourth-order valence-electron chi connectivity index (χ4n) is 2.63. The third-order valence-electron chi connectivity index (χ3n) is 4.01. The van der Waals surface area contributed by atoms with Crippen molar-refractivity contribution in [1.29, 1.82) is 0 Å². The Hall–Kier alpha value is -3.16. The quantitative estimate of drug-likeness (QED) is 0.658. The summed E-state index contributed by atoms with van der Waals surface area (Å²) in [7, 11) is 0. The first-order valence-corrected chi connectivity index (χ1v) is 9.20. The molecule has 2 aromatic carbocycles. The van der Waals surface area contributed by atoms with Crippen molar-refractivity contribution in [3.8, 4) is 11.5 Å². The lowest BCUT2D eigenvalue weighted by Crippen LogP contribution is -2.47. The minimum absolute atomic E-state index is 0.0146. The highest BCUT2D eigenvalue weighted by atomic mass is 19.3. The third-order valence-corrected chi connectivity index (χ3v) is 4.01. The van der Waals surface area contributed by atoms with Crippen LogP contribution in [0.1, 0.15) is 31.1 Å². The van der Waals surface area contributed by atoms with Gasteiger partial charge in [0, 0.05) is 5.69 Å². The number of carbonyl (C=O) groups excluding carboxylic acids is 2. The van der Waals surface area contributed by atoms with Crippen LogP contribution in [0.5, 0.6) is 11.5 Å². The molecule has 0 spiro atoms. The number of hydrogen-bond acceptors (Lipinski definition) is 4. The Morgan fingerprint density at radius 3 is 2.28 bits per heavy atom. The second-order valence-corrected chi connectivity index (χ2v) is 6.52. The molecule has 2 rings (SSSR count). The molecule has 0 aliphatic carbocycles. The van der Waals surface area contributed by atoms with E-state index in [1.54, 1.807) is 38.1 Å². The van der Waals surface area contributed by atoms with Crippen molar-refractivity contribution in [1.82, 2.24) is 5.32 Å². The lowest BCUT2D eigenvalue weighted by molar-refractivity contribution is -0.118. The van der Waals surface area contributed by atoms with Crippen LogP contribution < -0.4 is 20.1 Å². The SMILES string of the molecule is CCOc1ccccc1C(=O)N[C@H](C(=O)Nc1ccc(OC(F)F)cc1)C(C)C. The van der Waals surface area contributed by atoms with Gasteiger partial charge >= 0.3 is 6.61 Å². The lowest BCUT2D eigenvalue weighted by atomic mass is 10.0. The molecule has 2 N–H and O–H groups in total. The van der Waals surface area contributed by atoms with Gasteiger partial charge in [-0.25, -0.2) is 0 Å². The Balaban J connectivity index is 2.09. The highest BCUT2D eigenvalue weighted by Gasteiger charge is 2.26.